The Bertz CT molecular complexity index is 1040. The number of hydrogen-bond acceptors (Lipinski definition) is 6. The number of pyridine rings is 1. The highest BCUT2D eigenvalue weighted by atomic mass is 16.5. The van der Waals surface area contributed by atoms with Crippen molar-refractivity contribution in [3.05, 3.63) is 34.7 Å². The maximum Gasteiger partial charge on any atom is 0.254 e. The van der Waals surface area contributed by atoms with Crippen LogP contribution < -0.4 is 0 Å². The highest BCUT2D eigenvalue weighted by Crippen LogP contribution is 2.29. The normalized spacial score (nSPS) is 12.2. The van der Waals surface area contributed by atoms with E-state index in [1.165, 1.54) is 0 Å². The minimum Gasteiger partial charge on any atom is -0.337 e. The van der Waals surface area contributed by atoms with Gasteiger partial charge in [0, 0.05) is 19.2 Å². The Morgan fingerprint density at radius 3 is 2.52 bits per heavy atom. The number of amides is 1. The second-order valence-corrected chi connectivity index (χ2v) is 8.74. The number of aryl methyl sites for hydroxylation is 2. The summed E-state index contributed by atoms with van der Waals surface area (Å²) in [5.74, 6) is 1.13. The van der Waals surface area contributed by atoms with Gasteiger partial charge in [-0.2, -0.15) is 10.1 Å². The van der Waals surface area contributed by atoms with Gasteiger partial charge in [-0.1, -0.05) is 25.9 Å². The summed E-state index contributed by atoms with van der Waals surface area (Å²) in [6, 6.07) is 1.89. The average molecular weight is 399 g/mol. The van der Waals surface area contributed by atoms with Gasteiger partial charge in [0.05, 0.1) is 28.7 Å². The van der Waals surface area contributed by atoms with Crippen molar-refractivity contribution < 1.29 is 9.32 Å². The molecule has 3 aromatic heterocycles. The zero-order valence-electron chi connectivity index (χ0n) is 18.6. The maximum atomic E-state index is 13.4. The fourth-order valence-corrected chi connectivity index (χ4v) is 3.22. The monoisotopic (exact) mass is 398 g/mol. The van der Waals surface area contributed by atoms with E-state index in [0.717, 1.165) is 22.4 Å². The lowest BCUT2D eigenvalue weighted by Crippen LogP contribution is -2.27. The molecule has 0 saturated carbocycles. The molecule has 8 heteroatoms. The third-order valence-corrected chi connectivity index (χ3v) is 4.84. The molecule has 1 amide bonds. The van der Waals surface area contributed by atoms with Crippen molar-refractivity contribution in [2.24, 2.45) is 0 Å². The molecular formula is C21H30N6O2. The van der Waals surface area contributed by atoms with Gasteiger partial charge >= 0.3 is 0 Å². The summed E-state index contributed by atoms with van der Waals surface area (Å²) in [4.78, 5) is 24.2. The topological polar surface area (TPSA) is 89.9 Å². The molecule has 0 radical (unpaired) electrons. The van der Waals surface area contributed by atoms with E-state index >= 15 is 0 Å². The molecule has 0 N–H and O–H groups in total. The van der Waals surface area contributed by atoms with Crippen LogP contribution in [-0.4, -0.2) is 42.8 Å². The van der Waals surface area contributed by atoms with Crippen molar-refractivity contribution in [2.45, 2.75) is 72.9 Å². The van der Waals surface area contributed by atoms with E-state index in [1.54, 1.807) is 11.9 Å². The molecule has 3 aromatic rings. The maximum absolute atomic E-state index is 13.4. The number of carbonyl (C=O) groups is 1. The smallest absolute Gasteiger partial charge is 0.254 e. The molecule has 0 unspecified atom stereocenters. The number of carbonyl (C=O) groups excluding carboxylic acids is 1. The Kier molecular flexibility index (Phi) is 5.47. The molecule has 0 spiro atoms. The molecule has 3 heterocycles. The van der Waals surface area contributed by atoms with E-state index in [-0.39, 0.29) is 23.9 Å². The lowest BCUT2D eigenvalue weighted by Gasteiger charge is -2.21. The third kappa shape index (κ3) is 4.02. The Labute approximate surface area is 171 Å². The van der Waals surface area contributed by atoms with Crippen molar-refractivity contribution in [3.63, 3.8) is 0 Å². The first-order valence-corrected chi connectivity index (χ1v) is 10.0. The summed E-state index contributed by atoms with van der Waals surface area (Å²) in [6.07, 6.45) is 0.690. The van der Waals surface area contributed by atoms with Gasteiger partial charge in [0.2, 0.25) is 5.89 Å². The van der Waals surface area contributed by atoms with Crippen molar-refractivity contribution in [1.29, 1.82) is 0 Å². The summed E-state index contributed by atoms with van der Waals surface area (Å²) in [7, 11) is 1.74. The van der Waals surface area contributed by atoms with Gasteiger partial charge < -0.3 is 9.42 Å². The molecule has 0 fully saturated rings. The third-order valence-electron chi connectivity index (χ3n) is 4.84. The summed E-state index contributed by atoms with van der Waals surface area (Å²) >= 11 is 0. The van der Waals surface area contributed by atoms with E-state index in [0.29, 0.717) is 23.7 Å². The quantitative estimate of drug-likeness (QED) is 0.649. The van der Waals surface area contributed by atoms with Crippen LogP contribution in [0.25, 0.3) is 11.0 Å². The van der Waals surface area contributed by atoms with Gasteiger partial charge in [-0.25, -0.2) is 9.67 Å². The zero-order valence-corrected chi connectivity index (χ0v) is 18.6. The van der Waals surface area contributed by atoms with Crippen molar-refractivity contribution in [2.75, 3.05) is 7.05 Å². The predicted molar refractivity (Wildman–Crippen MR) is 111 cm³/mol. The number of aromatic nitrogens is 5. The van der Waals surface area contributed by atoms with Crippen LogP contribution in [0.2, 0.25) is 0 Å². The lowest BCUT2D eigenvalue weighted by molar-refractivity contribution is 0.0771. The highest BCUT2D eigenvalue weighted by molar-refractivity contribution is 6.06. The van der Waals surface area contributed by atoms with Gasteiger partial charge in [0.15, 0.2) is 11.5 Å². The van der Waals surface area contributed by atoms with Crippen LogP contribution in [0.5, 0.6) is 0 Å². The van der Waals surface area contributed by atoms with Crippen LogP contribution in [0.4, 0.5) is 0 Å². The van der Waals surface area contributed by atoms with Gasteiger partial charge in [-0.15, -0.1) is 0 Å². The lowest BCUT2D eigenvalue weighted by atomic mass is 10.0. The van der Waals surface area contributed by atoms with E-state index in [2.05, 4.69) is 44.8 Å². The number of fused-ring (bicyclic) bond motifs is 1. The Balaban J connectivity index is 2.09. The first-order valence-electron chi connectivity index (χ1n) is 10.0. The standard InChI is InChI=1S/C21H30N6O2/c1-9-16-23-17(29-25-16)11-26(8)20(28)14-10-15(12(2)3)22-19-18(14)13(4)24-27(19)21(5,6)7/h10,12H,9,11H2,1-8H3. The summed E-state index contributed by atoms with van der Waals surface area (Å²) in [5, 5.41) is 9.40. The number of hydrogen-bond donors (Lipinski definition) is 0. The fraction of sp³-hybridized carbons (Fsp3) is 0.571. The Morgan fingerprint density at radius 1 is 1.28 bits per heavy atom. The van der Waals surface area contributed by atoms with E-state index in [4.69, 9.17) is 14.6 Å². The SMILES string of the molecule is CCc1noc(CN(C)C(=O)c2cc(C(C)C)nc3c2c(C)nn3C(C)(C)C)n1. The molecule has 8 nitrogen and oxygen atoms in total. The second-order valence-electron chi connectivity index (χ2n) is 8.74. The van der Waals surface area contributed by atoms with Crippen LogP contribution in [0.15, 0.2) is 10.6 Å². The summed E-state index contributed by atoms with van der Waals surface area (Å²) in [5.41, 5.74) is 2.75. The van der Waals surface area contributed by atoms with Gasteiger partial charge in [0.25, 0.3) is 5.91 Å². The summed E-state index contributed by atoms with van der Waals surface area (Å²) < 4.78 is 7.16. The zero-order chi connectivity index (χ0) is 21.5. The average Bonchev–Trinajstić information content (AvgIpc) is 3.24. The Hall–Kier alpha value is -2.77. The van der Waals surface area contributed by atoms with Gasteiger partial charge in [-0.05, 0) is 39.7 Å². The molecule has 0 aliphatic heterocycles. The Morgan fingerprint density at radius 2 is 1.97 bits per heavy atom. The molecule has 0 aliphatic carbocycles. The highest BCUT2D eigenvalue weighted by Gasteiger charge is 2.27. The summed E-state index contributed by atoms with van der Waals surface area (Å²) in [6.45, 7) is 14.5. The van der Waals surface area contributed by atoms with Crippen LogP contribution in [-0.2, 0) is 18.5 Å². The molecule has 0 aromatic carbocycles. The number of nitrogens with zero attached hydrogens (tertiary/aromatic N) is 6. The minimum absolute atomic E-state index is 0.118. The number of rotatable bonds is 5. The minimum atomic E-state index is -0.248. The van der Waals surface area contributed by atoms with E-state index in [9.17, 15) is 4.79 Å². The van der Waals surface area contributed by atoms with Gasteiger partial charge in [0.1, 0.15) is 0 Å². The fourth-order valence-electron chi connectivity index (χ4n) is 3.22. The van der Waals surface area contributed by atoms with Crippen LogP contribution in [0, 0.1) is 6.92 Å². The molecule has 0 bridgehead atoms. The molecule has 156 valence electrons. The molecule has 0 atom stereocenters. The first kappa shape index (κ1) is 21.0. The van der Waals surface area contributed by atoms with Gasteiger partial charge in [-0.3, -0.25) is 4.79 Å². The van der Waals surface area contributed by atoms with E-state index < -0.39 is 0 Å². The van der Waals surface area contributed by atoms with E-state index in [1.807, 2.05) is 24.6 Å². The van der Waals surface area contributed by atoms with Crippen LogP contribution in [0.1, 0.15) is 80.9 Å². The molecule has 0 saturated heterocycles. The second kappa shape index (κ2) is 7.57. The molecule has 3 rings (SSSR count). The largest absolute Gasteiger partial charge is 0.337 e. The van der Waals surface area contributed by atoms with Crippen molar-refractivity contribution in [1.82, 2.24) is 29.8 Å². The molecular weight excluding hydrogens is 368 g/mol. The first-order chi connectivity index (χ1) is 13.5. The van der Waals surface area contributed by atoms with Crippen LogP contribution in [0.3, 0.4) is 0 Å². The van der Waals surface area contributed by atoms with Crippen molar-refractivity contribution >= 4 is 16.9 Å². The van der Waals surface area contributed by atoms with Crippen molar-refractivity contribution in [3.8, 4) is 0 Å². The predicted octanol–water partition coefficient (Wildman–Crippen LogP) is 3.84. The van der Waals surface area contributed by atoms with Crippen LogP contribution >= 0.6 is 0 Å². The molecule has 0 aliphatic rings. The molecule has 29 heavy (non-hydrogen) atoms.